The first-order valence-corrected chi connectivity index (χ1v) is 7.65. The van der Waals surface area contributed by atoms with Crippen LogP contribution in [-0.4, -0.2) is 30.4 Å². The molecule has 1 fully saturated rings. The van der Waals surface area contributed by atoms with Crippen molar-refractivity contribution in [1.29, 1.82) is 0 Å². The van der Waals surface area contributed by atoms with Crippen molar-refractivity contribution in [2.75, 3.05) is 25.0 Å². The molecular formula is C17H26N2O. The summed E-state index contributed by atoms with van der Waals surface area (Å²) in [7, 11) is 0. The number of rotatable bonds is 3. The number of likely N-dealkylation sites (tertiary alicyclic amines) is 1. The minimum Gasteiger partial charge on any atom is -0.385 e. The lowest BCUT2D eigenvalue weighted by Gasteiger charge is -2.35. The van der Waals surface area contributed by atoms with Gasteiger partial charge in [0.05, 0.1) is 5.56 Å². The van der Waals surface area contributed by atoms with Crippen LogP contribution in [0.1, 0.15) is 43.1 Å². The molecule has 1 aromatic carbocycles. The van der Waals surface area contributed by atoms with Crippen molar-refractivity contribution < 1.29 is 4.79 Å². The Morgan fingerprint density at radius 2 is 1.95 bits per heavy atom. The van der Waals surface area contributed by atoms with Gasteiger partial charge in [-0.1, -0.05) is 19.9 Å². The first-order valence-electron chi connectivity index (χ1n) is 7.65. The fourth-order valence-electron chi connectivity index (χ4n) is 3.18. The van der Waals surface area contributed by atoms with Gasteiger partial charge in [-0.3, -0.25) is 4.79 Å². The highest BCUT2D eigenvalue weighted by molar-refractivity contribution is 5.99. The van der Waals surface area contributed by atoms with Crippen molar-refractivity contribution >= 4 is 11.6 Å². The highest BCUT2D eigenvalue weighted by atomic mass is 16.2. The van der Waals surface area contributed by atoms with Crippen LogP contribution in [0.15, 0.2) is 18.2 Å². The van der Waals surface area contributed by atoms with Gasteiger partial charge in [-0.2, -0.15) is 0 Å². The van der Waals surface area contributed by atoms with E-state index in [2.05, 4.69) is 39.1 Å². The number of aryl methyl sites for hydroxylation is 1. The zero-order chi connectivity index (χ0) is 14.7. The number of hydrogen-bond acceptors (Lipinski definition) is 2. The normalized spacial score (nSPS) is 22.7. The molecule has 1 aliphatic heterocycles. The molecule has 3 heteroatoms. The monoisotopic (exact) mass is 274 g/mol. The summed E-state index contributed by atoms with van der Waals surface area (Å²) in [5.41, 5.74) is 2.94. The second-order valence-corrected chi connectivity index (χ2v) is 6.24. The van der Waals surface area contributed by atoms with Crippen molar-refractivity contribution in [3.63, 3.8) is 0 Å². The summed E-state index contributed by atoms with van der Waals surface area (Å²) in [6.07, 6.45) is 1.22. The lowest BCUT2D eigenvalue weighted by molar-refractivity contribution is 0.0624. The number of nitrogens with zero attached hydrogens (tertiary/aromatic N) is 1. The molecule has 0 radical (unpaired) electrons. The molecular weight excluding hydrogens is 248 g/mol. The molecule has 1 N–H and O–H groups in total. The Morgan fingerprint density at radius 3 is 2.55 bits per heavy atom. The van der Waals surface area contributed by atoms with E-state index in [9.17, 15) is 4.79 Å². The van der Waals surface area contributed by atoms with Gasteiger partial charge in [-0.15, -0.1) is 0 Å². The van der Waals surface area contributed by atoms with E-state index in [-0.39, 0.29) is 5.91 Å². The van der Waals surface area contributed by atoms with Crippen LogP contribution in [0.4, 0.5) is 5.69 Å². The van der Waals surface area contributed by atoms with Crippen LogP contribution < -0.4 is 5.32 Å². The van der Waals surface area contributed by atoms with Crippen LogP contribution in [0.2, 0.25) is 0 Å². The summed E-state index contributed by atoms with van der Waals surface area (Å²) in [6.45, 7) is 11.2. The number of carbonyl (C=O) groups excluding carboxylic acids is 1. The van der Waals surface area contributed by atoms with Gasteiger partial charge in [-0.25, -0.2) is 0 Å². The second kappa shape index (κ2) is 6.29. The number of benzene rings is 1. The number of carbonyl (C=O) groups is 1. The molecule has 0 aromatic heterocycles. The molecule has 2 atom stereocenters. The zero-order valence-electron chi connectivity index (χ0n) is 13.1. The van der Waals surface area contributed by atoms with Crippen molar-refractivity contribution in [2.24, 2.45) is 11.8 Å². The summed E-state index contributed by atoms with van der Waals surface area (Å²) in [5, 5.41) is 3.31. The number of piperidine rings is 1. The summed E-state index contributed by atoms with van der Waals surface area (Å²) < 4.78 is 0. The number of nitrogens with one attached hydrogen (secondary N) is 1. The molecule has 3 nitrogen and oxygen atoms in total. The third-order valence-corrected chi connectivity index (χ3v) is 3.93. The van der Waals surface area contributed by atoms with E-state index in [1.807, 2.05) is 17.0 Å². The molecule has 1 heterocycles. The summed E-state index contributed by atoms with van der Waals surface area (Å²) in [4.78, 5) is 14.8. The third-order valence-electron chi connectivity index (χ3n) is 3.93. The molecule has 1 aromatic rings. The van der Waals surface area contributed by atoms with Crippen molar-refractivity contribution in [3.8, 4) is 0 Å². The van der Waals surface area contributed by atoms with Crippen LogP contribution in [0.3, 0.4) is 0 Å². The van der Waals surface area contributed by atoms with Gasteiger partial charge in [0.25, 0.3) is 5.91 Å². The smallest absolute Gasteiger partial charge is 0.255 e. The summed E-state index contributed by atoms with van der Waals surface area (Å²) in [6, 6.07) is 6.04. The lowest BCUT2D eigenvalue weighted by atomic mass is 9.91. The molecule has 1 saturated heterocycles. The molecule has 1 aliphatic rings. The van der Waals surface area contributed by atoms with Gasteiger partial charge in [-0.05, 0) is 49.8 Å². The predicted molar refractivity (Wildman–Crippen MR) is 84.2 cm³/mol. The summed E-state index contributed by atoms with van der Waals surface area (Å²) in [5.74, 6) is 1.35. The Bertz CT molecular complexity index is 474. The Kier molecular flexibility index (Phi) is 4.69. The summed E-state index contributed by atoms with van der Waals surface area (Å²) >= 11 is 0. The van der Waals surface area contributed by atoms with E-state index >= 15 is 0 Å². The van der Waals surface area contributed by atoms with Crippen LogP contribution in [0, 0.1) is 18.8 Å². The van der Waals surface area contributed by atoms with Crippen LogP contribution in [0.25, 0.3) is 0 Å². The van der Waals surface area contributed by atoms with Gasteiger partial charge in [0, 0.05) is 25.3 Å². The van der Waals surface area contributed by atoms with Crippen molar-refractivity contribution in [1.82, 2.24) is 4.90 Å². The first kappa shape index (κ1) is 14.9. The molecule has 0 spiro atoms. The highest BCUT2D eigenvalue weighted by Crippen LogP contribution is 2.25. The Morgan fingerprint density at radius 1 is 1.30 bits per heavy atom. The minimum absolute atomic E-state index is 0.166. The number of amides is 1. The minimum atomic E-state index is 0.166. The Balaban J connectivity index is 2.24. The topological polar surface area (TPSA) is 32.3 Å². The predicted octanol–water partition coefficient (Wildman–Crippen LogP) is 3.54. The zero-order valence-corrected chi connectivity index (χ0v) is 13.1. The van der Waals surface area contributed by atoms with E-state index in [4.69, 9.17) is 0 Å². The van der Waals surface area contributed by atoms with E-state index < -0.39 is 0 Å². The fraction of sp³-hybridized carbons (Fsp3) is 0.588. The molecule has 110 valence electrons. The fourth-order valence-corrected chi connectivity index (χ4v) is 3.18. The Hall–Kier alpha value is -1.51. The first-order chi connectivity index (χ1) is 9.51. The molecule has 0 bridgehead atoms. The van der Waals surface area contributed by atoms with E-state index in [1.165, 1.54) is 12.0 Å². The third kappa shape index (κ3) is 3.33. The average Bonchev–Trinajstić information content (AvgIpc) is 2.37. The molecule has 2 unspecified atom stereocenters. The van der Waals surface area contributed by atoms with Gasteiger partial charge < -0.3 is 10.2 Å². The largest absolute Gasteiger partial charge is 0.385 e. The van der Waals surface area contributed by atoms with Gasteiger partial charge in [0.2, 0.25) is 0 Å². The van der Waals surface area contributed by atoms with E-state index in [0.717, 1.165) is 30.9 Å². The van der Waals surface area contributed by atoms with Crippen molar-refractivity contribution in [2.45, 2.75) is 34.1 Å². The standard InChI is InChI=1S/C17H26N2O/c1-5-18-16-9-12(2)6-7-15(16)17(20)19-10-13(3)8-14(4)11-19/h6-7,9,13-14,18H,5,8,10-11H2,1-4H3. The van der Waals surface area contributed by atoms with Gasteiger partial charge in [0.1, 0.15) is 0 Å². The number of anilines is 1. The van der Waals surface area contributed by atoms with Gasteiger partial charge in [0.15, 0.2) is 0 Å². The number of hydrogen-bond donors (Lipinski definition) is 1. The van der Waals surface area contributed by atoms with E-state index in [1.54, 1.807) is 0 Å². The quantitative estimate of drug-likeness (QED) is 0.914. The molecule has 20 heavy (non-hydrogen) atoms. The molecule has 1 amide bonds. The maximum absolute atomic E-state index is 12.8. The van der Waals surface area contributed by atoms with Crippen LogP contribution in [0.5, 0.6) is 0 Å². The highest BCUT2D eigenvalue weighted by Gasteiger charge is 2.27. The Labute approximate surface area is 122 Å². The molecule has 0 saturated carbocycles. The van der Waals surface area contributed by atoms with Crippen LogP contribution in [-0.2, 0) is 0 Å². The van der Waals surface area contributed by atoms with Gasteiger partial charge >= 0.3 is 0 Å². The van der Waals surface area contributed by atoms with Crippen molar-refractivity contribution in [3.05, 3.63) is 29.3 Å². The molecule has 0 aliphatic carbocycles. The maximum atomic E-state index is 12.8. The maximum Gasteiger partial charge on any atom is 0.255 e. The van der Waals surface area contributed by atoms with Crippen LogP contribution >= 0.6 is 0 Å². The SMILES string of the molecule is CCNc1cc(C)ccc1C(=O)N1CC(C)CC(C)C1. The van der Waals surface area contributed by atoms with E-state index in [0.29, 0.717) is 11.8 Å². The average molecular weight is 274 g/mol. The second-order valence-electron chi connectivity index (χ2n) is 6.24. The lowest BCUT2D eigenvalue weighted by Crippen LogP contribution is -2.42. The molecule has 2 rings (SSSR count).